The number of halogens is 2. The summed E-state index contributed by atoms with van der Waals surface area (Å²) < 4.78 is 0. The monoisotopic (exact) mass is 628 g/mol. The van der Waals surface area contributed by atoms with E-state index in [2.05, 4.69) is 154 Å². The molecule has 0 aliphatic heterocycles. The maximum Gasteiger partial charge on any atom is 4.00 e. The van der Waals surface area contributed by atoms with E-state index in [1.54, 1.807) is 0 Å². The average molecular weight is 631 g/mol. The average Bonchev–Trinajstić information content (AvgIpc) is 3.55. The van der Waals surface area contributed by atoms with Crippen molar-refractivity contribution in [3.05, 3.63) is 139 Å². The van der Waals surface area contributed by atoms with Gasteiger partial charge in [0.15, 0.2) is 0 Å². The van der Waals surface area contributed by atoms with Crippen molar-refractivity contribution in [3.63, 3.8) is 0 Å². The molecule has 190 valence electrons. The van der Waals surface area contributed by atoms with Crippen LogP contribution in [0.2, 0.25) is 0 Å². The van der Waals surface area contributed by atoms with Crippen LogP contribution in [-0.2, 0) is 26.2 Å². The quantitative estimate of drug-likeness (QED) is 0.206. The van der Waals surface area contributed by atoms with Crippen LogP contribution in [0.3, 0.4) is 0 Å². The molecule has 5 aromatic carbocycles. The predicted octanol–water partition coefficient (Wildman–Crippen LogP) is 1.78. The summed E-state index contributed by atoms with van der Waals surface area (Å²) in [4.78, 5) is 0. The van der Waals surface area contributed by atoms with Gasteiger partial charge in [-0.05, 0) is 0 Å². The Morgan fingerprint density at radius 1 is 0.632 bits per heavy atom. The van der Waals surface area contributed by atoms with Gasteiger partial charge in [0.2, 0.25) is 0 Å². The van der Waals surface area contributed by atoms with E-state index in [1.807, 2.05) is 0 Å². The SMILES string of the molecule is CC(C)(C)C1=CC[C-]=C1.[Cl-].[Cl-].[Zr+4].c1ccc([Si]c2ccccc2)cc1.c1ccc2c(c1)[cH-]c1ccccc12. The molecule has 0 spiro atoms. The molecule has 2 radical (unpaired) electrons. The van der Waals surface area contributed by atoms with Crippen molar-refractivity contribution in [3.8, 4) is 0 Å². The second kappa shape index (κ2) is 16.8. The Kier molecular flexibility index (Phi) is 15.0. The third-order valence-electron chi connectivity index (χ3n) is 5.92. The summed E-state index contributed by atoms with van der Waals surface area (Å²) in [6.45, 7) is 6.67. The van der Waals surface area contributed by atoms with Crippen molar-refractivity contribution < 1.29 is 51.0 Å². The summed E-state index contributed by atoms with van der Waals surface area (Å²) in [6.07, 6.45) is 8.50. The van der Waals surface area contributed by atoms with Crippen LogP contribution in [0.5, 0.6) is 0 Å². The van der Waals surface area contributed by atoms with Crippen LogP contribution in [0, 0.1) is 11.5 Å². The molecule has 0 fully saturated rings. The molecule has 0 saturated carbocycles. The van der Waals surface area contributed by atoms with Gasteiger partial charge in [-0.25, -0.2) is 6.08 Å². The Balaban J connectivity index is 0.000000279. The van der Waals surface area contributed by atoms with Crippen molar-refractivity contribution in [2.45, 2.75) is 27.2 Å². The molecule has 0 N–H and O–H groups in total. The van der Waals surface area contributed by atoms with Crippen LogP contribution in [0.25, 0.3) is 21.5 Å². The van der Waals surface area contributed by atoms with Gasteiger partial charge in [-0.1, -0.05) is 134 Å². The van der Waals surface area contributed by atoms with E-state index in [1.165, 1.54) is 37.5 Å². The summed E-state index contributed by atoms with van der Waals surface area (Å²) in [5.41, 5.74) is 1.74. The molecule has 0 aromatic heterocycles. The standard InChI is InChI=1S/C13H9.C12H10Si.C9H13.2ClH.Zr/c1-3-7-12-10(5-1)9-11-6-2-4-8-13(11)12;1-3-7-11(8-4-1)13-12-9-5-2-6-10-12;1-9(2,3)8-6-4-5-7-8;;;/h1-9H;1-10H;6-7H,4H2,1-3H3;2*1H;/q-1;;-1;;;+4/p-2. The molecule has 0 bridgehead atoms. The Morgan fingerprint density at radius 2 is 1.05 bits per heavy atom. The van der Waals surface area contributed by atoms with Gasteiger partial charge in [0.1, 0.15) is 9.52 Å². The number of allylic oxidation sites excluding steroid dienone is 4. The molecule has 38 heavy (non-hydrogen) atoms. The maximum absolute atomic E-state index is 3.16. The van der Waals surface area contributed by atoms with E-state index in [-0.39, 0.29) is 51.0 Å². The molecule has 0 amide bonds. The zero-order valence-electron chi connectivity index (χ0n) is 22.1. The number of hydrogen-bond donors (Lipinski definition) is 0. The van der Waals surface area contributed by atoms with Gasteiger partial charge in [-0.3, -0.25) is 6.08 Å². The summed E-state index contributed by atoms with van der Waals surface area (Å²) in [6, 6.07) is 40.4. The predicted molar refractivity (Wildman–Crippen MR) is 155 cm³/mol. The molecule has 0 unspecified atom stereocenters. The minimum absolute atomic E-state index is 0. The molecule has 0 saturated heterocycles. The number of rotatable bonds is 2. The fraction of sp³-hybridized carbons (Fsp3) is 0.147. The molecular weight excluding hydrogens is 599 g/mol. The Morgan fingerprint density at radius 3 is 1.42 bits per heavy atom. The van der Waals surface area contributed by atoms with Crippen molar-refractivity contribution >= 4 is 41.4 Å². The zero-order valence-corrected chi connectivity index (χ0v) is 27.1. The first-order chi connectivity index (χ1) is 17.0. The van der Waals surface area contributed by atoms with Gasteiger partial charge in [0, 0.05) is 0 Å². The molecule has 0 heterocycles. The van der Waals surface area contributed by atoms with Crippen LogP contribution in [0.1, 0.15) is 27.2 Å². The molecule has 4 heteroatoms. The van der Waals surface area contributed by atoms with Crippen LogP contribution >= 0.6 is 0 Å². The van der Waals surface area contributed by atoms with Gasteiger partial charge in [0.05, 0.1) is 0 Å². The van der Waals surface area contributed by atoms with E-state index in [9.17, 15) is 0 Å². The van der Waals surface area contributed by atoms with Crippen molar-refractivity contribution in [1.29, 1.82) is 0 Å². The normalized spacial score (nSPS) is 11.5. The molecule has 0 nitrogen and oxygen atoms in total. The molecule has 1 aliphatic rings. The third kappa shape index (κ3) is 9.90. The van der Waals surface area contributed by atoms with E-state index < -0.39 is 0 Å². The first-order valence-electron chi connectivity index (χ1n) is 12.2. The first-order valence-corrected chi connectivity index (χ1v) is 13.2. The first kappa shape index (κ1) is 33.9. The topological polar surface area (TPSA) is 0 Å². The summed E-state index contributed by atoms with van der Waals surface area (Å²) >= 11 is 0. The van der Waals surface area contributed by atoms with E-state index in [0.717, 1.165) is 15.9 Å². The van der Waals surface area contributed by atoms with Gasteiger partial charge in [0.25, 0.3) is 0 Å². The van der Waals surface area contributed by atoms with Crippen molar-refractivity contribution in [2.75, 3.05) is 0 Å². The van der Waals surface area contributed by atoms with Crippen molar-refractivity contribution in [2.24, 2.45) is 5.41 Å². The minimum Gasteiger partial charge on any atom is -1.00 e. The number of benzene rings is 4. The number of hydrogen-bond acceptors (Lipinski definition) is 0. The second-order valence-corrected chi connectivity index (χ2v) is 11.0. The molecule has 1 aliphatic carbocycles. The van der Waals surface area contributed by atoms with Crippen molar-refractivity contribution in [1.82, 2.24) is 0 Å². The smallest absolute Gasteiger partial charge is 1.00 e. The van der Waals surface area contributed by atoms with Gasteiger partial charge < -0.3 is 24.8 Å². The summed E-state index contributed by atoms with van der Waals surface area (Å²) in [7, 11) is 0.777. The summed E-state index contributed by atoms with van der Waals surface area (Å²) in [5.74, 6) is 0. The Labute approximate surface area is 262 Å². The number of fused-ring (bicyclic) bond motifs is 3. The third-order valence-corrected chi connectivity index (χ3v) is 7.17. The van der Waals surface area contributed by atoms with E-state index >= 15 is 0 Å². The largest absolute Gasteiger partial charge is 4.00 e. The van der Waals surface area contributed by atoms with Crippen LogP contribution in [0.4, 0.5) is 0 Å². The van der Waals surface area contributed by atoms with E-state index in [4.69, 9.17) is 0 Å². The molecule has 6 rings (SSSR count). The molecular formula is C34H32Cl2SiZr. The second-order valence-electron chi connectivity index (χ2n) is 9.64. The minimum atomic E-state index is 0. The Bertz CT molecular complexity index is 1330. The van der Waals surface area contributed by atoms with E-state index in [0.29, 0.717) is 5.41 Å². The molecule has 5 aromatic rings. The van der Waals surface area contributed by atoms with Gasteiger partial charge in [-0.15, -0.1) is 46.2 Å². The van der Waals surface area contributed by atoms with Crippen LogP contribution in [0.15, 0.2) is 133 Å². The van der Waals surface area contributed by atoms with Crippen LogP contribution < -0.4 is 35.2 Å². The fourth-order valence-electron chi connectivity index (χ4n) is 4.03. The zero-order chi connectivity index (χ0) is 24.5. The van der Waals surface area contributed by atoms with Gasteiger partial charge >= 0.3 is 26.2 Å². The fourth-order valence-corrected chi connectivity index (χ4v) is 5.08. The maximum atomic E-state index is 3.16. The Hall–Kier alpha value is -2.09. The van der Waals surface area contributed by atoms with Gasteiger partial charge in [-0.2, -0.15) is 11.6 Å². The molecule has 0 atom stereocenters. The summed E-state index contributed by atoms with van der Waals surface area (Å²) in [5, 5.41) is 8.19. The van der Waals surface area contributed by atoms with Crippen LogP contribution in [-0.4, -0.2) is 9.52 Å².